The van der Waals surface area contributed by atoms with Gasteiger partial charge in [0, 0.05) is 32.2 Å². The second-order valence-corrected chi connectivity index (χ2v) is 9.02. The molecule has 0 bridgehead atoms. The highest BCUT2D eigenvalue weighted by molar-refractivity contribution is 7.89. The highest BCUT2D eigenvalue weighted by Gasteiger charge is 2.33. The van der Waals surface area contributed by atoms with Gasteiger partial charge in [0.15, 0.2) is 0 Å². The topological polar surface area (TPSA) is 69.7 Å². The van der Waals surface area contributed by atoms with Gasteiger partial charge in [-0.2, -0.15) is 4.31 Å². The minimum atomic E-state index is -3.71. The molecule has 1 atom stereocenters. The molecule has 1 amide bonds. The fourth-order valence-electron chi connectivity index (χ4n) is 2.72. The van der Waals surface area contributed by atoms with Crippen molar-refractivity contribution in [3.8, 4) is 0 Å². The Balaban J connectivity index is 2.06. The molecular weight excluding hydrogens is 385 g/mol. The normalized spacial score (nSPS) is 18.3. The smallest absolute Gasteiger partial charge is 0.244 e. The molecule has 1 N–H and O–H groups in total. The Kier molecular flexibility index (Phi) is 6.73. The molecule has 0 saturated carbocycles. The van der Waals surface area contributed by atoms with Crippen LogP contribution in [0.2, 0.25) is 10.0 Å². The first-order chi connectivity index (χ1) is 11.6. The van der Waals surface area contributed by atoms with Crippen LogP contribution < -0.4 is 5.32 Å². The average Bonchev–Trinajstić information content (AvgIpc) is 2.56. The van der Waals surface area contributed by atoms with Crippen LogP contribution in [-0.2, 0) is 14.8 Å². The summed E-state index contributed by atoms with van der Waals surface area (Å²) in [6.45, 7) is 7.19. The number of rotatable bonds is 5. The van der Waals surface area contributed by atoms with Gasteiger partial charge in [-0.05, 0) is 32.9 Å². The van der Waals surface area contributed by atoms with Crippen LogP contribution in [0.3, 0.4) is 0 Å². The molecule has 0 aromatic heterocycles. The Morgan fingerprint density at radius 1 is 1.12 bits per heavy atom. The number of sulfonamides is 1. The molecule has 1 aliphatic rings. The van der Waals surface area contributed by atoms with Crippen LogP contribution in [0.25, 0.3) is 0 Å². The number of amides is 1. The molecule has 9 heteroatoms. The summed E-state index contributed by atoms with van der Waals surface area (Å²) in [5.41, 5.74) is 0. The third-order valence-electron chi connectivity index (χ3n) is 4.17. The molecule has 1 aromatic rings. The van der Waals surface area contributed by atoms with E-state index in [1.807, 2.05) is 25.7 Å². The summed E-state index contributed by atoms with van der Waals surface area (Å²) >= 11 is 12.0. The van der Waals surface area contributed by atoms with Crippen LogP contribution in [-0.4, -0.2) is 61.8 Å². The lowest BCUT2D eigenvalue weighted by molar-refractivity contribution is -0.126. The SMILES string of the molecule is CC(C)NC(=O)C(C)N1CCN(S(=O)(=O)c2cccc(Cl)c2Cl)CC1. The van der Waals surface area contributed by atoms with Crippen molar-refractivity contribution in [2.24, 2.45) is 0 Å². The van der Waals surface area contributed by atoms with E-state index in [-0.39, 0.29) is 32.9 Å². The standard InChI is InChI=1S/C16H23Cl2N3O3S/c1-11(2)19-16(22)12(3)20-7-9-21(10-8-20)25(23,24)14-6-4-5-13(17)15(14)18/h4-6,11-12H,7-10H2,1-3H3,(H,19,22). The summed E-state index contributed by atoms with van der Waals surface area (Å²) in [5.74, 6) is -0.0517. The Morgan fingerprint density at radius 2 is 1.72 bits per heavy atom. The van der Waals surface area contributed by atoms with Gasteiger partial charge < -0.3 is 5.32 Å². The van der Waals surface area contributed by atoms with Crippen LogP contribution in [0.15, 0.2) is 23.1 Å². The van der Waals surface area contributed by atoms with Crippen LogP contribution in [0.1, 0.15) is 20.8 Å². The number of hydrogen-bond donors (Lipinski definition) is 1. The van der Waals surface area contributed by atoms with E-state index in [9.17, 15) is 13.2 Å². The van der Waals surface area contributed by atoms with Crippen LogP contribution in [0.5, 0.6) is 0 Å². The maximum Gasteiger partial charge on any atom is 0.244 e. The lowest BCUT2D eigenvalue weighted by atomic mass is 10.2. The number of piperazine rings is 1. The van der Waals surface area contributed by atoms with E-state index in [0.717, 1.165) is 0 Å². The van der Waals surface area contributed by atoms with Crippen molar-refractivity contribution >= 4 is 39.1 Å². The Bertz CT molecular complexity index is 732. The van der Waals surface area contributed by atoms with Gasteiger partial charge in [-0.25, -0.2) is 8.42 Å². The molecule has 1 saturated heterocycles. The summed E-state index contributed by atoms with van der Waals surface area (Å²) < 4.78 is 27.0. The van der Waals surface area contributed by atoms with Gasteiger partial charge in [0.2, 0.25) is 15.9 Å². The van der Waals surface area contributed by atoms with Crippen molar-refractivity contribution < 1.29 is 13.2 Å². The van der Waals surface area contributed by atoms with Crippen LogP contribution in [0, 0.1) is 0 Å². The first kappa shape index (κ1) is 20.5. The Hall–Kier alpha value is -0.860. The number of nitrogens with zero attached hydrogens (tertiary/aromatic N) is 2. The number of hydrogen-bond acceptors (Lipinski definition) is 4. The quantitative estimate of drug-likeness (QED) is 0.811. The van der Waals surface area contributed by atoms with Gasteiger partial charge in [-0.15, -0.1) is 0 Å². The van der Waals surface area contributed by atoms with E-state index >= 15 is 0 Å². The van der Waals surface area contributed by atoms with Crippen molar-refractivity contribution in [2.75, 3.05) is 26.2 Å². The fourth-order valence-corrected chi connectivity index (χ4v) is 4.88. The van der Waals surface area contributed by atoms with E-state index in [1.165, 1.54) is 10.4 Å². The predicted octanol–water partition coefficient (Wildman–Crippen LogP) is 2.21. The van der Waals surface area contributed by atoms with Gasteiger partial charge in [0.25, 0.3) is 0 Å². The van der Waals surface area contributed by atoms with E-state index < -0.39 is 10.0 Å². The fraction of sp³-hybridized carbons (Fsp3) is 0.562. The maximum atomic E-state index is 12.8. The number of halogens is 2. The minimum Gasteiger partial charge on any atom is -0.353 e. The summed E-state index contributed by atoms with van der Waals surface area (Å²) in [7, 11) is -3.71. The molecule has 1 aromatic carbocycles. The van der Waals surface area contributed by atoms with Gasteiger partial charge in [0.05, 0.1) is 16.1 Å². The molecule has 1 heterocycles. The van der Waals surface area contributed by atoms with Crippen molar-refractivity contribution in [1.82, 2.24) is 14.5 Å². The summed E-state index contributed by atoms with van der Waals surface area (Å²) in [5, 5.41) is 3.12. The van der Waals surface area contributed by atoms with Crippen molar-refractivity contribution in [3.63, 3.8) is 0 Å². The highest BCUT2D eigenvalue weighted by atomic mass is 35.5. The van der Waals surface area contributed by atoms with E-state index in [4.69, 9.17) is 23.2 Å². The van der Waals surface area contributed by atoms with Gasteiger partial charge in [-0.1, -0.05) is 29.3 Å². The van der Waals surface area contributed by atoms with Crippen molar-refractivity contribution in [2.45, 2.75) is 37.8 Å². The minimum absolute atomic E-state index is 0.0146. The maximum absolute atomic E-state index is 12.8. The molecule has 1 unspecified atom stereocenters. The second kappa shape index (κ2) is 8.22. The molecular formula is C16H23Cl2N3O3S. The third kappa shape index (κ3) is 4.65. The molecule has 1 aliphatic heterocycles. The average molecular weight is 408 g/mol. The van der Waals surface area contributed by atoms with Gasteiger partial charge in [-0.3, -0.25) is 9.69 Å². The molecule has 0 aliphatic carbocycles. The number of nitrogens with one attached hydrogen (secondary N) is 1. The number of carbonyl (C=O) groups excluding carboxylic acids is 1. The molecule has 1 fully saturated rings. The first-order valence-corrected chi connectivity index (χ1v) is 10.3. The second-order valence-electron chi connectivity index (χ2n) is 6.33. The zero-order chi connectivity index (χ0) is 18.8. The first-order valence-electron chi connectivity index (χ1n) is 8.13. The predicted molar refractivity (Wildman–Crippen MR) is 99.5 cm³/mol. The van der Waals surface area contributed by atoms with Gasteiger partial charge in [0.1, 0.15) is 4.90 Å². The summed E-state index contributed by atoms with van der Waals surface area (Å²) in [6.07, 6.45) is 0. The summed E-state index contributed by atoms with van der Waals surface area (Å²) in [4.78, 5) is 14.1. The number of carbonyl (C=O) groups is 1. The molecule has 25 heavy (non-hydrogen) atoms. The van der Waals surface area contributed by atoms with E-state index in [1.54, 1.807) is 12.1 Å². The third-order valence-corrected chi connectivity index (χ3v) is 7.04. The van der Waals surface area contributed by atoms with E-state index in [2.05, 4.69) is 5.32 Å². The highest BCUT2D eigenvalue weighted by Crippen LogP contribution is 2.31. The van der Waals surface area contributed by atoms with E-state index in [0.29, 0.717) is 26.2 Å². The lowest BCUT2D eigenvalue weighted by Gasteiger charge is -2.37. The Labute approximate surface area is 159 Å². The zero-order valence-electron chi connectivity index (χ0n) is 14.5. The van der Waals surface area contributed by atoms with Crippen LogP contribution in [0.4, 0.5) is 0 Å². The van der Waals surface area contributed by atoms with Gasteiger partial charge >= 0.3 is 0 Å². The molecule has 0 radical (unpaired) electrons. The Morgan fingerprint density at radius 3 is 2.28 bits per heavy atom. The van der Waals surface area contributed by atoms with Crippen molar-refractivity contribution in [3.05, 3.63) is 28.2 Å². The lowest BCUT2D eigenvalue weighted by Crippen LogP contribution is -2.55. The molecule has 6 nitrogen and oxygen atoms in total. The summed E-state index contributed by atoms with van der Waals surface area (Å²) in [6, 6.07) is 4.34. The largest absolute Gasteiger partial charge is 0.353 e. The number of benzene rings is 1. The molecule has 140 valence electrons. The zero-order valence-corrected chi connectivity index (χ0v) is 16.8. The monoisotopic (exact) mass is 407 g/mol. The molecule has 0 spiro atoms. The van der Waals surface area contributed by atoms with Crippen molar-refractivity contribution in [1.29, 1.82) is 0 Å². The molecule has 2 rings (SSSR count). The van der Waals surface area contributed by atoms with Crippen LogP contribution >= 0.6 is 23.2 Å².